The molecule has 0 radical (unpaired) electrons. The molecule has 8 nitrogen and oxygen atoms in total. The van der Waals surface area contributed by atoms with Gasteiger partial charge in [0.05, 0.1) is 11.1 Å². The number of aromatic nitrogens is 1. The number of halogens is 2. The summed E-state index contributed by atoms with van der Waals surface area (Å²) < 4.78 is 40.8. The predicted octanol–water partition coefficient (Wildman–Crippen LogP) is 7.37. The summed E-state index contributed by atoms with van der Waals surface area (Å²) in [5, 5.41) is 9.90. The maximum absolute atomic E-state index is 15.3. The average molecular weight is 659 g/mol. The predicted molar refractivity (Wildman–Crippen MR) is 179 cm³/mol. The smallest absolute Gasteiger partial charge is 0.240 e. The Morgan fingerprint density at radius 3 is 2.26 bits per heavy atom. The van der Waals surface area contributed by atoms with Crippen LogP contribution < -0.4 is 25.4 Å². The number of hydrogen-bond acceptors (Lipinski definition) is 7. The van der Waals surface area contributed by atoms with E-state index in [1.165, 1.54) is 60.7 Å². The quantitative estimate of drug-likeness (QED) is 0.145. The monoisotopic (exact) mass is 658 g/mol. The lowest BCUT2D eigenvalue weighted by Gasteiger charge is -2.28. The van der Waals surface area contributed by atoms with E-state index in [1.54, 1.807) is 12.3 Å². The Balaban J connectivity index is 0.999. The average Bonchev–Trinajstić information content (AvgIpc) is 4.00. The second-order valence-electron chi connectivity index (χ2n) is 12.8. The summed E-state index contributed by atoms with van der Waals surface area (Å²) >= 11 is 2.02. The molecule has 3 N–H and O–H groups in total. The summed E-state index contributed by atoms with van der Waals surface area (Å²) in [6, 6.07) is 15.5. The summed E-state index contributed by atoms with van der Waals surface area (Å²) in [7, 11) is 0. The Bertz CT molecular complexity index is 1820. The number of thioether (sulfide) groups is 1. The lowest BCUT2D eigenvalue weighted by Crippen LogP contribution is -2.45. The zero-order valence-electron chi connectivity index (χ0n) is 26.0. The molecular formula is C36H36F2N4O4S. The summed E-state index contributed by atoms with van der Waals surface area (Å²) in [6.45, 7) is 2.58. The van der Waals surface area contributed by atoms with Crippen LogP contribution in [0, 0.1) is 24.0 Å². The third-order valence-electron chi connectivity index (χ3n) is 9.22. The standard InChI is InChI=1S/C36H36F2N4O4S/c1-22-18-27-29(20-32(22)45-21-35(11-12-35)42-25-9-16-47-17-10-25)39-15-8-30(27)46-31-7-6-26(19-28(31)38)41-34(44)36(13-14-36)33(43)40-24-4-2-23(37)3-5-24/h2-8,15,18-20,25,42H,9-14,16-17,21H2,1H3,(H,40,43)(H,41,44). The highest BCUT2D eigenvalue weighted by molar-refractivity contribution is 7.99. The number of benzene rings is 3. The molecule has 0 atom stereocenters. The van der Waals surface area contributed by atoms with Crippen LogP contribution in [0.5, 0.6) is 17.2 Å². The first kappa shape index (κ1) is 31.4. The van der Waals surface area contributed by atoms with Crippen LogP contribution in [0.15, 0.2) is 66.9 Å². The van der Waals surface area contributed by atoms with Gasteiger partial charge in [-0.15, -0.1) is 0 Å². The van der Waals surface area contributed by atoms with Crippen molar-refractivity contribution in [3.05, 3.63) is 84.1 Å². The summed E-state index contributed by atoms with van der Waals surface area (Å²) in [5.41, 5.74) is 0.966. The van der Waals surface area contributed by atoms with E-state index in [-0.39, 0.29) is 17.0 Å². The van der Waals surface area contributed by atoms with Gasteiger partial charge in [0.2, 0.25) is 11.8 Å². The van der Waals surface area contributed by atoms with Gasteiger partial charge in [-0.1, -0.05) is 0 Å². The molecular weight excluding hydrogens is 622 g/mol. The molecule has 7 rings (SSSR count). The normalized spacial score (nSPS) is 17.9. The van der Waals surface area contributed by atoms with Crippen molar-refractivity contribution < 1.29 is 27.8 Å². The van der Waals surface area contributed by atoms with E-state index >= 15 is 4.39 Å². The van der Waals surface area contributed by atoms with Gasteiger partial charge in [-0.2, -0.15) is 11.8 Å². The highest BCUT2D eigenvalue weighted by Crippen LogP contribution is 2.48. The first-order valence-electron chi connectivity index (χ1n) is 16.0. The number of nitrogens with zero attached hydrogens (tertiary/aromatic N) is 1. The molecule has 1 aromatic heterocycles. The van der Waals surface area contributed by atoms with Crippen molar-refractivity contribution in [2.45, 2.75) is 57.0 Å². The van der Waals surface area contributed by atoms with Crippen molar-refractivity contribution in [3.8, 4) is 17.2 Å². The van der Waals surface area contributed by atoms with Crippen molar-refractivity contribution in [1.29, 1.82) is 0 Å². The van der Waals surface area contributed by atoms with Crippen LogP contribution in [-0.2, 0) is 9.59 Å². The highest BCUT2D eigenvalue weighted by atomic mass is 32.2. The lowest BCUT2D eigenvalue weighted by molar-refractivity contribution is -0.131. The maximum Gasteiger partial charge on any atom is 0.240 e. The van der Waals surface area contributed by atoms with Crippen LogP contribution >= 0.6 is 11.8 Å². The van der Waals surface area contributed by atoms with E-state index in [0.29, 0.717) is 42.4 Å². The molecule has 2 amide bonds. The Hall–Kier alpha value is -4.22. The zero-order valence-corrected chi connectivity index (χ0v) is 26.9. The fourth-order valence-corrected chi connectivity index (χ4v) is 7.08. The number of fused-ring (bicyclic) bond motifs is 1. The third kappa shape index (κ3) is 6.92. The molecule has 2 saturated carbocycles. The van der Waals surface area contributed by atoms with E-state index in [2.05, 4.69) is 20.9 Å². The van der Waals surface area contributed by atoms with Crippen molar-refractivity contribution in [2.24, 2.45) is 5.41 Å². The number of hydrogen-bond donors (Lipinski definition) is 3. The van der Waals surface area contributed by atoms with Crippen LogP contribution in [0.1, 0.15) is 44.1 Å². The number of carbonyl (C=O) groups is 2. The molecule has 0 spiro atoms. The number of rotatable bonds is 11. The molecule has 1 aliphatic heterocycles. The van der Waals surface area contributed by atoms with Crippen LogP contribution in [0.3, 0.4) is 0 Å². The van der Waals surface area contributed by atoms with Crippen molar-refractivity contribution >= 4 is 45.9 Å². The molecule has 244 valence electrons. The molecule has 0 unspecified atom stereocenters. The first-order chi connectivity index (χ1) is 22.7. The Morgan fingerprint density at radius 1 is 0.872 bits per heavy atom. The minimum absolute atomic E-state index is 0.0217. The topological polar surface area (TPSA) is 102 Å². The van der Waals surface area contributed by atoms with E-state index in [0.717, 1.165) is 35.6 Å². The fourth-order valence-electron chi connectivity index (χ4n) is 5.97. The first-order valence-corrected chi connectivity index (χ1v) is 17.1. The van der Waals surface area contributed by atoms with Gasteiger partial charge in [0, 0.05) is 41.1 Å². The Kier molecular flexibility index (Phi) is 8.52. The molecule has 4 aromatic rings. The van der Waals surface area contributed by atoms with Gasteiger partial charge in [-0.25, -0.2) is 8.78 Å². The van der Waals surface area contributed by atoms with Gasteiger partial charge in [0.25, 0.3) is 0 Å². The number of amides is 2. The summed E-state index contributed by atoms with van der Waals surface area (Å²) in [6.07, 6.45) is 6.95. The summed E-state index contributed by atoms with van der Waals surface area (Å²) in [4.78, 5) is 30.4. The minimum Gasteiger partial charge on any atom is -0.491 e. The van der Waals surface area contributed by atoms with E-state index in [9.17, 15) is 14.0 Å². The van der Waals surface area contributed by atoms with Crippen LogP contribution in [0.2, 0.25) is 0 Å². The molecule has 3 fully saturated rings. The number of anilines is 2. The summed E-state index contributed by atoms with van der Waals surface area (Å²) in [5.74, 6) is 1.47. The molecule has 0 bridgehead atoms. The van der Waals surface area contributed by atoms with Crippen LogP contribution in [-0.4, -0.2) is 46.5 Å². The van der Waals surface area contributed by atoms with Crippen LogP contribution in [0.4, 0.5) is 20.2 Å². The highest BCUT2D eigenvalue weighted by Gasteiger charge is 2.56. The van der Waals surface area contributed by atoms with E-state index < -0.39 is 28.9 Å². The second-order valence-corrected chi connectivity index (χ2v) is 14.0. The molecule has 11 heteroatoms. The molecule has 1 saturated heterocycles. The molecule has 3 aliphatic rings. The lowest BCUT2D eigenvalue weighted by atomic mass is 10.0. The third-order valence-corrected chi connectivity index (χ3v) is 10.3. The van der Waals surface area contributed by atoms with E-state index in [1.807, 2.05) is 30.8 Å². The Morgan fingerprint density at radius 2 is 1.57 bits per heavy atom. The number of ether oxygens (including phenoxy) is 2. The van der Waals surface area contributed by atoms with Crippen molar-refractivity contribution in [3.63, 3.8) is 0 Å². The fraction of sp³-hybridized carbons (Fsp3) is 0.361. The molecule has 47 heavy (non-hydrogen) atoms. The van der Waals surface area contributed by atoms with Gasteiger partial charge in [-0.05, 0) is 111 Å². The van der Waals surface area contributed by atoms with E-state index in [4.69, 9.17) is 9.47 Å². The second kappa shape index (κ2) is 12.8. The van der Waals surface area contributed by atoms with Gasteiger partial charge < -0.3 is 25.4 Å². The van der Waals surface area contributed by atoms with Crippen molar-refractivity contribution in [1.82, 2.24) is 10.3 Å². The number of nitrogens with one attached hydrogen (secondary N) is 3. The number of aryl methyl sites for hydroxylation is 1. The zero-order chi connectivity index (χ0) is 32.6. The van der Waals surface area contributed by atoms with Gasteiger partial charge in [0.1, 0.15) is 29.3 Å². The maximum atomic E-state index is 15.3. The van der Waals surface area contributed by atoms with Crippen LogP contribution in [0.25, 0.3) is 10.9 Å². The molecule has 2 heterocycles. The number of carbonyl (C=O) groups excluding carboxylic acids is 2. The van der Waals surface area contributed by atoms with Crippen molar-refractivity contribution in [2.75, 3.05) is 28.7 Å². The van der Waals surface area contributed by atoms with Gasteiger partial charge in [-0.3, -0.25) is 14.6 Å². The minimum atomic E-state index is -1.26. The SMILES string of the molecule is Cc1cc2c(Oc3ccc(NC(=O)C4(C(=O)Nc5ccc(F)cc5)CC4)cc3F)ccnc2cc1OCC1(NC2CCSCC2)CC1. The Labute approximate surface area is 276 Å². The number of pyridine rings is 1. The van der Waals surface area contributed by atoms with Gasteiger partial charge in [0.15, 0.2) is 11.6 Å². The van der Waals surface area contributed by atoms with Gasteiger partial charge >= 0.3 is 0 Å². The largest absolute Gasteiger partial charge is 0.491 e. The molecule has 3 aromatic carbocycles. The molecule has 2 aliphatic carbocycles.